The topological polar surface area (TPSA) is 40.5 Å². The summed E-state index contributed by atoms with van der Waals surface area (Å²) in [5, 5.41) is 9.29. The van der Waals surface area contributed by atoms with Crippen molar-refractivity contribution in [3.63, 3.8) is 0 Å². The third-order valence-electron chi connectivity index (χ3n) is 4.65. The van der Waals surface area contributed by atoms with Crippen LogP contribution in [-0.2, 0) is 0 Å². The number of halogens is 1. The van der Waals surface area contributed by atoms with Gasteiger partial charge in [-0.3, -0.25) is 4.79 Å². The number of aryl methyl sites for hydroxylation is 1. The summed E-state index contributed by atoms with van der Waals surface area (Å²) >= 11 is 0. The van der Waals surface area contributed by atoms with Crippen LogP contribution in [0.2, 0.25) is 0 Å². The molecule has 1 aliphatic heterocycles. The average Bonchev–Trinajstić information content (AvgIpc) is 2.62. The summed E-state index contributed by atoms with van der Waals surface area (Å²) in [7, 11) is 0. The van der Waals surface area contributed by atoms with Gasteiger partial charge in [-0.15, -0.1) is 0 Å². The molecule has 0 saturated carbocycles. The van der Waals surface area contributed by atoms with Crippen molar-refractivity contribution in [2.75, 3.05) is 19.7 Å². The van der Waals surface area contributed by atoms with Crippen molar-refractivity contribution in [1.82, 2.24) is 4.90 Å². The molecule has 0 aromatic heterocycles. The summed E-state index contributed by atoms with van der Waals surface area (Å²) in [4.78, 5) is 14.2. The van der Waals surface area contributed by atoms with Gasteiger partial charge in [0.05, 0.1) is 5.56 Å². The van der Waals surface area contributed by atoms with E-state index in [-0.39, 0.29) is 24.0 Å². The molecule has 0 bridgehead atoms. The Kier molecular flexibility index (Phi) is 4.95. The minimum Gasteiger partial charge on any atom is -0.396 e. The Morgan fingerprint density at radius 1 is 1.21 bits per heavy atom. The number of piperidine rings is 1. The molecule has 1 saturated heterocycles. The SMILES string of the molecule is Cc1ccc(-c2ccc(C(=O)N3CCCC(CO)C3)c(F)c2)cc1. The molecule has 1 fully saturated rings. The van der Waals surface area contributed by atoms with Crippen molar-refractivity contribution < 1.29 is 14.3 Å². The van der Waals surface area contributed by atoms with Crippen molar-refractivity contribution >= 4 is 5.91 Å². The van der Waals surface area contributed by atoms with Crippen molar-refractivity contribution in [3.8, 4) is 11.1 Å². The van der Waals surface area contributed by atoms with Gasteiger partial charge in [-0.25, -0.2) is 4.39 Å². The van der Waals surface area contributed by atoms with E-state index in [4.69, 9.17) is 0 Å². The van der Waals surface area contributed by atoms with E-state index in [1.54, 1.807) is 17.0 Å². The first-order chi connectivity index (χ1) is 11.6. The number of benzene rings is 2. The van der Waals surface area contributed by atoms with E-state index in [1.165, 1.54) is 6.07 Å². The summed E-state index contributed by atoms with van der Waals surface area (Å²) in [5.74, 6) is -0.692. The Balaban J connectivity index is 1.81. The summed E-state index contributed by atoms with van der Waals surface area (Å²) < 4.78 is 14.5. The predicted molar refractivity (Wildman–Crippen MR) is 92.3 cm³/mol. The van der Waals surface area contributed by atoms with Crippen LogP contribution in [0.25, 0.3) is 11.1 Å². The molecular formula is C20H22FNO2. The van der Waals surface area contributed by atoms with E-state index in [0.717, 1.165) is 29.5 Å². The van der Waals surface area contributed by atoms with Gasteiger partial charge in [-0.05, 0) is 48.9 Å². The molecule has 3 rings (SSSR count). The molecular weight excluding hydrogens is 305 g/mol. The van der Waals surface area contributed by atoms with Crippen LogP contribution in [-0.4, -0.2) is 35.6 Å². The molecule has 0 aliphatic carbocycles. The fourth-order valence-corrected chi connectivity index (χ4v) is 3.18. The maximum absolute atomic E-state index is 14.5. The minimum absolute atomic E-state index is 0.0681. The second-order valence-corrected chi connectivity index (χ2v) is 6.50. The lowest BCUT2D eigenvalue weighted by Crippen LogP contribution is -2.41. The van der Waals surface area contributed by atoms with Crippen molar-refractivity contribution in [2.45, 2.75) is 19.8 Å². The maximum atomic E-state index is 14.5. The fourth-order valence-electron chi connectivity index (χ4n) is 3.18. The third kappa shape index (κ3) is 3.49. The first-order valence-electron chi connectivity index (χ1n) is 8.35. The zero-order valence-electron chi connectivity index (χ0n) is 13.8. The third-order valence-corrected chi connectivity index (χ3v) is 4.65. The first-order valence-corrected chi connectivity index (χ1v) is 8.35. The zero-order valence-corrected chi connectivity index (χ0v) is 13.8. The Hall–Kier alpha value is -2.20. The summed E-state index contributed by atoms with van der Waals surface area (Å²) in [6, 6.07) is 12.6. The molecule has 1 N–H and O–H groups in total. The largest absolute Gasteiger partial charge is 0.396 e. The lowest BCUT2D eigenvalue weighted by Gasteiger charge is -2.32. The Bertz CT molecular complexity index is 727. The van der Waals surface area contributed by atoms with Crippen LogP contribution in [0.4, 0.5) is 4.39 Å². The molecule has 1 amide bonds. The van der Waals surface area contributed by atoms with Crippen LogP contribution < -0.4 is 0 Å². The number of hydrogen-bond acceptors (Lipinski definition) is 2. The highest BCUT2D eigenvalue weighted by Crippen LogP contribution is 2.24. The van der Waals surface area contributed by atoms with E-state index < -0.39 is 5.82 Å². The monoisotopic (exact) mass is 327 g/mol. The Morgan fingerprint density at radius 3 is 2.58 bits per heavy atom. The van der Waals surface area contributed by atoms with Gasteiger partial charge in [-0.2, -0.15) is 0 Å². The second kappa shape index (κ2) is 7.14. The molecule has 2 aromatic rings. The number of amides is 1. The molecule has 0 radical (unpaired) electrons. The van der Waals surface area contributed by atoms with Gasteiger partial charge in [0, 0.05) is 19.7 Å². The average molecular weight is 327 g/mol. The van der Waals surface area contributed by atoms with E-state index in [1.807, 2.05) is 31.2 Å². The Labute approximate surface area is 141 Å². The van der Waals surface area contributed by atoms with Gasteiger partial charge in [0.25, 0.3) is 5.91 Å². The van der Waals surface area contributed by atoms with Gasteiger partial charge >= 0.3 is 0 Å². The number of hydrogen-bond donors (Lipinski definition) is 1. The van der Waals surface area contributed by atoms with Gasteiger partial charge in [0.15, 0.2) is 0 Å². The van der Waals surface area contributed by atoms with Crippen LogP contribution in [0.1, 0.15) is 28.8 Å². The summed E-state index contributed by atoms with van der Waals surface area (Å²) in [6.07, 6.45) is 1.76. The van der Waals surface area contributed by atoms with Crippen molar-refractivity contribution in [1.29, 1.82) is 0 Å². The molecule has 1 unspecified atom stereocenters. The molecule has 2 aromatic carbocycles. The first kappa shape index (κ1) is 16.7. The van der Waals surface area contributed by atoms with Gasteiger partial charge in [0.1, 0.15) is 5.82 Å². The van der Waals surface area contributed by atoms with Crippen molar-refractivity contribution in [2.24, 2.45) is 5.92 Å². The smallest absolute Gasteiger partial charge is 0.256 e. The fraction of sp³-hybridized carbons (Fsp3) is 0.350. The summed E-state index contributed by atoms with van der Waals surface area (Å²) in [5.41, 5.74) is 2.94. The number of aliphatic hydroxyl groups is 1. The molecule has 1 atom stereocenters. The van der Waals surface area contributed by atoms with E-state index in [0.29, 0.717) is 13.1 Å². The highest BCUT2D eigenvalue weighted by Gasteiger charge is 2.25. The standard InChI is InChI=1S/C20H22FNO2/c1-14-4-6-16(7-5-14)17-8-9-18(19(21)11-17)20(24)22-10-2-3-15(12-22)13-23/h4-9,11,15,23H,2-3,10,12-13H2,1H3. The number of nitrogens with zero attached hydrogens (tertiary/aromatic N) is 1. The molecule has 1 aliphatic rings. The van der Waals surface area contributed by atoms with Crippen molar-refractivity contribution in [3.05, 3.63) is 59.4 Å². The van der Waals surface area contributed by atoms with Gasteiger partial charge < -0.3 is 10.0 Å². The second-order valence-electron chi connectivity index (χ2n) is 6.50. The van der Waals surface area contributed by atoms with E-state index >= 15 is 0 Å². The maximum Gasteiger partial charge on any atom is 0.256 e. The normalized spacial score (nSPS) is 17.8. The van der Waals surface area contributed by atoms with Crippen LogP contribution in [0, 0.1) is 18.7 Å². The van der Waals surface area contributed by atoms with Gasteiger partial charge in [0.2, 0.25) is 0 Å². The molecule has 126 valence electrons. The highest BCUT2D eigenvalue weighted by atomic mass is 19.1. The molecule has 3 nitrogen and oxygen atoms in total. The quantitative estimate of drug-likeness (QED) is 0.935. The minimum atomic E-state index is -0.496. The lowest BCUT2D eigenvalue weighted by molar-refractivity contribution is 0.0616. The predicted octanol–water partition coefficient (Wildman–Crippen LogP) is 3.65. The number of carbonyl (C=O) groups excluding carboxylic acids is 1. The zero-order chi connectivity index (χ0) is 17.1. The number of aliphatic hydroxyl groups excluding tert-OH is 1. The van der Waals surface area contributed by atoms with Crippen LogP contribution >= 0.6 is 0 Å². The Morgan fingerprint density at radius 2 is 1.92 bits per heavy atom. The van der Waals surface area contributed by atoms with Crippen LogP contribution in [0.15, 0.2) is 42.5 Å². The van der Waals surface area contributed by atoms with Crippen LogP contribution in [0.5, 0.6) is 0 Å². The van der Waals surface area contributed by atoms with Gasteiger partial charge in [-0.1, -0.05) is 35.9 Å². The lowest BCUT2D eigenvalue weighted by atomic mass is 9.97. The summed E-state index contributed by atoms with van der Waals surface area (Å²) in [6.45, 7) is 3.19. The van der Waals surface area contributed by atoms with E-state index in [2.05, 4.69) is 0 Å². The number of carbonyl (C=O) groups is 1. The number of rotatable bonds is 3. The molecule has 0 spiro atoms. The number of likely N-dealkylation sites (tertiary alicyclic amines) is 1. The highest BCUT2D eigenvalue weighted by molar-refractivity contribution is 5.95. The molecule has 1 heterocycles. The van der Waals surface area contributed by atoms with Crippen LogP contribution in [0.3, 0.4) is 0 Å². The van der Waals surface area contributed by atoms with E-state index in [9.17, 15) is 14.3 Å². The molecule has 4 heteroatoms. The molecule has 24 heavy (non-hydrogen) atoms.